The van der Waals surface area contributed by atoms with E-state index in [9.17, 15) is 0 Å². The predicted molar refractivity (Wildman–Crippen MR) is 216 cm³/mol. The van der Waals surface area contributed by atoms with Gasteiger partial charge >= 0.3 is 0 Å². The van der Waals surface area contributed by atoms with Gasteiger partial charge < -0.3 is 0 Å². The molecular formula is C50H30. The molecule has 0 fully saturated rings. The Morgan fingerprint density at radius 2 is 0.760 bits per heavy atom. The van der Waals surface area contributed by atoms with Crippen LogP contribution in [0.4, 0.5) is 0 Å². The smallest absolute Gasteiger partial charge is 0.00201 e. The molecule has 0 radical (unpaired) electrons. The van der Waals surface area contributed by atoms with Crippen LogP contribution >= 0.6 is 0 Å². The van der Waals surface area contributed by atoms with Gasteiger partial charge in [0.2, 0.25) is 0 Å². The van der Waals surface area contributed by atoms with E-state index in [0.717, 1.165) is 0 Å². The average Bonchev–Trinajstić information content (AvgIpc) is 3.19. The summed E-state index contributed by atoms with van der Waals surface area (Å²) in [7, 11) is 0. The minimum atomic E-state index is 1.24. The van der Waals surface area contributed by atoms with E-state index in [-0.39, 0.29) is 0 Å². The van der Waals surface area contributed by atoms with E-state index in [0.29, 0.717) is 0 Å². The maximum atomic E-state index is 2.43. The molecule has 230 valence electrons. The summed E-state index contributed by atoms with van der Waals surface area (Å²) in [4.78, 5) is 0. The number of fused-ring (bicyclic) bond motifs is 5. The summed E-state index contributed by atoms with van der Waals surface area (Å²) < 4.78 is 0. The van der Waals surface area contributed by atoms with Crippen LogP contribution < -0.4 is 0 Å². The number of hydrogen-bond donors (Lipinski definition) is 0. The van der Waals surface area contributed by atoms with E-state index in [2.05, 4.69) is 182 Å². The van der Waals surface area contributed by atoms with Gasteiger partial charge in [0.05, 0.1) is 0 Å². The number of hydrogen-bond acceptors (Lipinski definition) is 0. The van der Waals surface area contributed by atoms with Crippen LogP contribution in [-0.4, -0.2) is 0 Å². The van der Waals surface area contributed by atoms with Gasteiger partial charge in [-0.2, -0.15) is 0 Å². The first-order valence-corrected chi connectivity index (χ1v) is 17.4. The van der Waals surface area contributed by atoms with E-state index in [4.69, 9.17) is 0 Å². The molecule has 50 heavy (non-hydrogen) atoms. The normalized spacial score (nSPS) is 12.0. The van der Waals surface area contributed by atoms with Crippen LogP contribution in [0.25, 0.3) is 109 Å². The molecule has 0 aliphatic carbocycles. The zero-order valence-electron chi connectivity index (χ0n) is 27.3. The number of rotatable bonds is 3. The van der Waals surface area contributed by atoms with E-state index in [1.807, 2.05) is 0 Å². The van der Waals surface area contributed by atoms with E-state index < -0.39 is 0 Å². The van der Waals surface area contributed by atoms with Crippen LogP contribution in [-0.2, 0) is 0 Å². The van der Waals surface area contributed by atoms with Crippen molar-refractivity contribution in [3.8, 4) is 33.4 Å². The second kappa shape index (κ2) is 10.5. The highest BCUT2D eigenvalue weighted by atomic mass is 14.2. The molecule has 0 aliphatic heterocycles. The maximum Gasteiger partial charge on any atom is -0.00201 e. The SMILES string of the molecule is c1ccc(-c2cc3ccc(-c4c5ccccc5c(-c5ccc6ccc7cccc8ccc5c6c78)c5ccccc45)cc3c3ccccc23)cc1. The fraction of sp³-hybridized carbons (Fsp3) is 0. The minimum Gasteiger partial charge on any atom is -0.0622 e. The Kier molecular flexibility index (Phi) is 5.76. The first kappa shape index (κ1) is 27.5. The van der Waals surface area contributed by atoms with Gasteiger partial charge in [0.15, 0.2) is 0 Å². The fourth-order valence-corrected chi connectivity index (χ4v) is 8.80. The van der Waals surface area contributed by atoms with Crippen molar-refractivity contribution in [2.24, 2.45) is 0 Å². The monoisotopic (exact) mass is 630 g/mol. The van der Waals surface area contributed by atoms with Crippen molar-refractivity contribution in [3.63, 3.8) is 0 Å². The van der Waals surface area contributed by atoms with Crippen molar-refractivity contribution >= 4 is 75.4 Å². The molecule has 0 amide bonds. The lowest BCUT2D eigenvalue weighted by Crippen LogP contribution is -1.93. The molecule has 0 atom stereocenters. The molecule has 0 heteroatoms. The molecule has 11 rings (SSSR count). The highest BCUT2D eigenvalue weighted by molar-refractivity contribution is 6.29. The summed E-state index contributed by atoms with van der Waals surface area (Å²) in [5, 5.41) is 18.1. The largest absolute Gasteiger partial charge is 0.0622 e. The third-order valence-corrected chi connectivity index (χ3v) is 11.0. The van der Waals surface area contributed by atoms with Crippen LogP contribution in [0.1, 0.15) is 0 Å². The van der Waals surface area contributed by atoms with Crippen LogP contribution in [0.3, 0.4) is 0 Å². The van der Waals surface area contributed by atoms with Crippen molar-refractivity contribution in [3.05, 3.63) is 182 Å². The van der Waals surface area contributed by atoms with E-state index >= 15 is 0 Å². The van der Waals surface area contributed by atoms with Gasteiger partial charge in [0.25, 0.3) is 0 Å². The van der Waals surface area contributed by atoms with Crippen molar-refractivity contribution in [1.29, 1.82) is 0 Å². The van der Waals surface area contributed by atoms with Crippen molar-refractivity contribution in [1.82, 2.24) is 0 Å². The lowest BCUT2D eigenvalue weighted by molar-refractivity contribution is 1.66. The zero-order valence-corrected chi connectivity index (χ0v) is 27.3. The highest BCUT2D eigenvalue weighted by Gasteiger charge is 2.20. The topological polar surface area (TPSA) is 0 Å². The van der Waals surface area contributed by atoms with Gasteiger partial charge in [-0.05, 0) is 121 Å². The Morgan fingerprint density at radius 1 is 0.220 bits per heavy atom. The van der Waals surface area contributed by atoms with Crippen LogP contribution in [0.2, 0.25) is 0 Å². The zero-order chi connectivity index (χ0) is 32.8. The van der Waals surface area contributed by atoms with Gasteiger partial charge in [-0.15, -0.1) is 0 Å². The summed E-state index contributed by atoms with van der Waals surface area (Å²) in [5.74, 6) is 0. The van der Waals surface area contributed by atoms with E-state index in [1.54, 1.807) is 0 Å². The molecule has 0 aromatic heterocycles. The quantitative estimate of drug-likeness (QED) is 0.135. The Morgan fingerprint density at radius 3 is 1.46 bits per heavy atom. The molecule has 0 spiro atoms. The highest BCUT2D eigenvalue weighted by Crippen LogP contribution is 2.48. The van der Waals surface area contributed by atoms with Crippen molar-refractivity contribution < 1.29 is 0 Å². The van der Waals surface area contributed by atoms with Crippen LogP contribution in [0.15, 0.2) is 182 Å². The lowest BCUT2D eigenvalue weighted by atomic mass is 9.83. The summed E-state index contributed by atoms with van der Waals surface area (Å²) in [6.45, 7) is 0. The summed E-state index contributed by atoms with van der Waals surface area (Å²) in [5.41, 5.74) is 7.63. The molecule has 11 aromatic carbocycles. The van der Waals surface area contributed by atoms with Gasteiger partial charge in [-0.25, -0.2) is 0 Å². The molecular weight excluding hydrogens is 601 g/mol. The predicted octanol–water partition coefficient (Wildman–Crippen LogP) is 14.2. The first-order chi connectivity index (χ1) is 24.8. The second-order valence-corrected chi connectivity index (χ2v) is 13.6. The van der Waals surface area contributed by atoms with E-state index in [1.165, 1.54) is 109 Å². The Bertz CT molecular complexity index is 3060. The maximum absolute atomic E-state index is 2.43. The molecule has 0 heterocycles. The van der Waals surface area contributed by atoms with Gasteiger partial charge in [0, 0.05) is 0 Å². The van der Waals surface area contributed by atoms with Gasteiger partial charge in [-0.3, -0.25) is 0 Å². The molecule has 0 aliphatic rings. The average molecular weight is 631 g/mol. The van der Waals surface area contributed by atoms with Gasteiger partial charge in [-0.1, -0.05) is 170 Å². The van der Waals surface area contributed by atoms with Gasteiger partial charge in [0.1, 0.15) is 0 Å². The molecule has 0 bridgehead atoms. The number of benzene rings is 11. The Hall–Kier alpha value is -6.50. The van der Waals surface area contributed by atoms with Crippen molar-refractivity contribution in [2.45, 2.75) is 0 Å². The standard InChI is InChI=1S/C50H30/c1-2-11-31(12-3-1)45-29-35-23-24-36(30-46(35)38-16-5-4-15-37(38)45)48-39-17-6-8-19-41(39)50(42-20-9-7-18-40(42)48)44-28-26-34-22-21-32-13-10-14-33-25-27-43(44)49(34)47(32)33/h1-30H. The summed E-state index contributed by atoms with van der Waals surface area (Å²) >= 11 is 0. The third-order valence-electron chi connectivity index (χ3n) is 11.0. The summed E-state index contributed by atoms with van der Waals surface area (Å²) in [6, 6.07) is 67.6. The first-order valence-electron chi connectivity index (χ1n) is 17.4. The molecule has 0 saturated heterocycles. The molecule has 11 aromatic rings. The molecule has 0 saturated carbocycles. The fourth-order valence-electron chi connectivity index (χ4n) is 8.80. The second-order valence-electron chi connectivity index (χ2n) is 13.6. The molecule has 0 nitrogen and oxygen atoms in total. The molecule has 0 unspecified atom stereocenters. The Balaban J connectivity index is 1.22. The lowest BCUT2D eigenvalue weighted by Gasteiger charge is -2.20. The van der Waals surface area contributed by atoms with Crippen LogP contribution in [0.5, 0.6) is 0 Å². The van der Waals surface area contributed by atoms with Crippen LogP contribution in [0, 0.1) is 0 Å². The third kappa shape index (κ3) is 3.88. The Labute approximate surface area is 289 Å². The minimum absolute atomic E-state index is 1.24. The molecule has 0 N–H and O–H groups in total. The van der Waals surface area contributed by atoms with Crippen molar-refractivity contribution in [2.75, 3.05) is 0 Å². The summed E-state index contributed by atoms with van der Waals surface area (Å²) in [6.07, 6.45) is 0.